The van der Waals surface area contributed by atoms with Crippen molar-refractivity contribution in [2.75, 3.05) is 40.3 Å². The summed E-state index contributed by atoms with van der Waals surface area (Å²) in [7, 11) is 4.31. The Morgan fingerprint density at radius 1 is 1.10 bits per heavy atom. The van der Waals surface area contributed by atoms with Crippen LogP contribution < -0.4 is 5.73 Å². The van der Waals surface area contributed by atoms with Crippen molar-refractivity contribution in [3.63, 3.8) is 0 Å². The molecule has 3 nitrogen and oxygen atoms in total. The monoisotopic (exact) mass is 297 g/mol. The normalized spacial score (nSPS) is 27.6. The van der Waals surface area contributed by atoms with Gasteiger partial charge in [-0.05, 0) is 77.2 Å². The van der Waals surface area contributed by atoms with E-state index < -0.39 is 0 Å². The van der Waals surface area contributed by atoms with Crippen LogP contribution in [-0.2, 0) is 0 Å². The highest BCUT2D eigenvalue weighted by molar-refractivity contribution is 4.97. The molecule has 0 heterocycles. The molecule has 0 saturated heterocycles. The molecule has 0 bridgehead atoms. The lowest BCUT2D eigenvalue weighted by atomic mass is 9.66. The van der Waals surface area contributed by atoms with Crippen LogP contribution >= 0.6 is 0 Å². The van der Waals surface area contributed by atoms with Crippen LogP contribution in [0.4, 0.5) is 0 Å². The Morgan fingerprint density at radius 3 is 2.05 bits per heavy atom. The van der Waals surface area contributed by atoms with Crippen molar-refractivity contribution in [2.24, 2.45) is 17.1 Å². The summed E-state index contributed by atoms with van der Waals surface area (Å²) >= 11 is 0. The van der Waals surface area contributed by atoms with E-state index in [0.717, 1.165) is 19.0 Å². The predicted octanol–water partition coefficient (Wildman–Crippen LogP) is 3.19. The van der Waals surface area contributed by atoms with Crippen molar-refractivity contribution in [2.45, 2.75) is 65.3 Å². The molecule has 126 valence electrons. The molecular formula is C18H39N3. The molecule has 0 radical (unpaired) electrons. The molecule has 0 aromatic carbocycles. The molecule has 1 saturated carbocycles. The second-order valence-corrected chi connectivity index (χ2v) is 8.31. The number of likely N-dealkylation sites (N-methyl/N-ethyl adjacent to an activating group) is 1. The summed E-state index contributed by atoms with van der Waals surface area (Å²) in [5.41, 5.74) is 6.96. The van der Waals surface area contributed by atoms with Gasteiger partial charge in [0.05, 0.1) is 0 Å². The Hall–Kier alpha value is -0.120. The number of hydrogen-bond donors (Lipinski definition) is 1. The zero-order valence-electron chi connectivity index (χ0n) is 15.4. The fraction of sp³-hybridized carbons (Fsp3) is 1.00. The van der Waals surface area contributed by atoms with Crippen LogP contribution in [0, 0.1) is 11.3 Å². The standard InChI is InChI=1S/C18H39N3/c1-7-21(14-8-13-20(5)6)18(15-19)11-9-16(10-12-18)17(2,3)4/h16H,7-15,19H2,1-6H3. The average molecular weight is 298 g/mol. The van der Waals surface area contributed by atoms with Gasteiger partial charge in [-0.25, -0.2) is 0 Å². The van der Waals surface area contributed by atoms with Crippen molar-refractivity contribution < 1.29 is 0 Å². The van der Waals surface area contributed by atoms with E-state index in [1.165, 1.54) is 45.2 Å². The topological polar surface area (TPSA) is 32.5 Å². The van der Waals surface area contributed by atoms with Crippen molar-refractivity contribution >= 4 is 0 Å². The third-order valence-electron chi connectivity index (χ3n) is 5.61. The maximum Gasteiger partial charge on any atom is 0.0331 e. The van der Waals surface area contributed by atoms with Crippen LogP contribution in [-0.4, -0.2) is 55.6 Å². The van der Waals surface area contributed by atoms with E-state index in [2.05, 4.69) is 51.6 Å². The van der Waals surface area contributed by atoms with Gasteiger partial charge in [-0.15, -0.1) is 0 Å². The van der Waals surface area contributed by atoms with Crippen LogP contribution in [0.25, 0.3) is 0 Å². The molecule has 0 atom stereocenters. The Bertz CT molecular complexity index is 285. The molecular weight excluding hydrogens is 258 g/mol. The highest BCUT2D eigenvalue weighted by atomic mass is 15.2. The maximum atomic E-state index is 6.25. The highest BCUT2D eigenvalue weighted by Gasteiger charge is 2.40. The Labute approximate surface area is 133 Å². The van der Waals surface area contributed by atoms with Gasteiger partial charge in [-0.3, -0.25) is 4.90 Å². The van der Waals surface area contributed by atoms with Crippen LogP contribution in [0.5, 0.6) is 0 Å². The summed E-state index contributed by atoms with van der Waals surface area (Å²) in [5, 5.41) is 0. The Kier molecular flexibility index (Phi) is 7.15. The number of hydrogen-bond acceptors (Lipinski definition) is 3. The van der Waals surface area contributed by atoms with Gasteiger partial charge < -0.3 is 10.6 Å². The second kappa shape index (κ2) is 7.94. The molecule has 1 aliphatic rings. The third-order valence-corrected chi connectivity index (χ3v) is 5.61. The first-order valence-corrected chi connectivity index (χ1v) is 8.85. The molecule has 2 N–H and O–H groups in total. The van der Waals surface area contributed by atoms with Crippen molar-refractivity contribution in [1.29, 1.82) is 0 Å². The molecule has 0 aliphatic heterocycles. The van der Waals surface area contributed by atoms with Gasteiger partial charge in [-0.1, -0.05) is 27.7 Å². The second-order valence-electron chi connectivity index (χ2n) is 8.31. The number of nitrogens with zero attached hydrogens (tertiary/aromatic N) is 2. The largest absolute Gasteiger partial charge is 0.329 e. The van der Waals surface area contributed by atoms with Gasteiger partial charge >= 0.3 is 0 Å². The summed E-state index contributed by atoms with van der Waals surface area (Å²) in [5.74, 6) is 0.859. The molecule has 0 amide bonds. The van der Waals surface area contributed by atoms with Crippen LogP contribution in [0.2, 0.25) is 0 Å². The van der Waals surface area contributed by atoms with Crippen LogP contribution in [0.1, 0.15) is 59.8 Å². The van der Waals surface area contributed by atoms with Gasteiger partial charge in [0.15, 0.2) is 0 Å². The van der Waals surface area contributed by atoms with Crippen LogP contribution in [0.3, 0.4) is 0 Å². The predicted molar refractivity (Wildman–Crippen MR) is 93.6 cm³/mol. The first-order chi connectivity index (χ1) is 9.75. The van der Waals surface area contributed by atoms with Crippen LogP contribution in [0.15, 0.2) is 0 Å². The summed E-state index contributed by atoms with van der Waals surface area (Å²) in [6.45, 7) is 13.8. The van der Waals surface area contributed by atoms with E-state index in [1.54, 1.807) is 0 Å². The summed E-state index contributed by atoms with van der Waals surface area (Å²) < 4.78 is 0. The minimum absolute atomic E-state index is 0.267. The van der Waals surface area contributed by atoms with Gasteiger partial charge in [0.1, 0.15) is 0 Å². The molecule has 0 aromatic heterocycles. The zero-order chi connectivity index (χ0) is 16.1. The third kappa shape index (κ3) is 5.22. The van der Waals surface area contributed by atoms with Gasteiger partial charge in [-0.2, -0.15) is 0 Å². The van der Waals surface area contributed by atoms with E-state index in [9.17, 15) is 0 Å². The molecule has 0 aromatic rings. The summed E-state index contributed by atoms with van der Waals surface area (Å²) in [6.07, 6.45) is 6.48. The molecule has 1 aliphatic carbocycles. The zero-order valence-corrected chi connectivity index (χ0v) is 15.4. The minimum atomic E-state index is 0.267. The quantitative estimate of drug-likeness (QED) is 0.783. The summed E-state index contributed by atoms with van der Waals surface area (Å²) in [4.78, 5) is 4.95. The van der Waals surface area contributed by atoms with Gasteiger partial charge in [0.25, 0.3) is 0 Å². The molecule has 1 fully saturated rings. The molecule has 0 unspecified atom stereocenters. The smallest absolute Gasteiger partial charge is 0.0331 e. The first-order valence-electron chi connectivity index (χ1n) is 8.85. The van der Waals surface area contributed by atoms with E-state index in [0.29, 0.717) is 5.41 Å². The molecule has 21 heavy (non-hydrogen) atoms. The van der Waals surface area contributed by atoms with Crippen molar-refractivity contribution in [3.8, 4) is 0 Å². The minimum Gasteiger partial charge on any atom is -0.329 e. The average Bonchev–Trinajstić information content (AvgIpc) is 2.42. The molecule has 0 spiro atoms. The number of rotatable bonds is 7. The van der Waals surface area contributed by atoms with E-state index in [1.807, 2.05) is 0 Å². The fourth-order valence-electron chi connectivity index (χ4n) is 3.98. The van der Waals surface area contributed by atoms with Gasteiger partial charge in [0.2, 0.25) is 0 Å². The van der Waals surface area contributed by atoms with E-state index in [-0.39, 0.29) is 5.54 Å². The maximum absolute atomic E-state index is 6.25. The van der Waals surface area contributed by atoms with Gasteiger partial charge in [0, 0.05) is 12.1 Å². The summed E-state index contributed by atoms with van der Waals surface area (Å²) in [6, 6.07) is 0. The first kappa shape index (κ1) is 18.9. The highest BCUT2D eigenvalue weighted by Crippen LogP contribution is 2.43. The Balaban J connectivity index is 2.62. The molecule has 3 heteroatoms. The molecule has 1 rings (SSSR count). The fourth-order valence-corrected chi connectivity index (χ4v) is 3.98. The van der Waals surface area contributed by atoms with Crippen molar-refractivity contribution in [1.82, 2.24) is 9.80 Å². The number of nitrogens with two attached hydrogens (primary N) is 1. The lowest BCUT2D eigenvalue weighted by Gasteiger charge is -2.49. The lowest BCUT2D eigenvalue weighted by Crippen LogP contribution is -2.56. The van der Waals surface area contributed by atoms with E-state index in [4.69, 9.17) is 5.73 Å². The van der Waals surface area contributed by atoms with E-state index >= 15 is 0 Å². The van der Waals surface area contributed by atoms with Crippen molar-refractivity contribution in [3.05, 3.63) is 0 Å². The Morgan fingerprint density at radius 2 is 1.67 bits per heavy atom. The lowest BCUT2D eigenvalue weighted by molar-refractivity contribution is 0.0226. The SMILES string of the molecule is CCN(CCCN(C)C)C1(CN)CCC(C(C)(C)C)CC1.